The van der Waals surface area contributed by atoms with Crippen LogP contribution in [0.5, 0.6) is 0 Å². The molecular weight excluding hydrogens is 425 g/mol. The minimum absolute atomic E-state index is 0.125. The van der Waals surface area contributed by atoms with Gasteiger partial charge in [0.2, 0.25) is 0 Å². The lowest BCUT2D eigenvalue weighted by Crippen LogP contribution is -2.39. The van der Waals surface area contributed by atoms with E-state index in [-0.39, 0.29) is 5.82 Å². The van der Waals surface area contributed by atoms with Crippen LogP contribution in [0.4, 0.5) is 10.1 Å². The highest BCUT2D eigenvalue weighted by Crippen LogP contribution is 2.34. The van der Waals surface area contributed by atoms with E-state index in [4.69, 9.17) is 4.74 Å². The summed E-state index contributed by atoms with van der Waals surface area (Å²) in [4.78, 5) is 2.17. The van der Waals surface area contributed by atoms with E-state index in [1.807, 2.05) is 19.9 Å². The van der Waals surface area contributed by atoms with Crippen molar-refractivity contribution in [1.82, 2.24) is 0 Å². The number of hydrogen-bond acceptors (Lipinski definition) is 4. The molecule has 1 saturated carbocycles. The van der Waals surface area contributed by atoms with Gasteiger partial charge in [-0.2, -0.15) is 0 Å². The van der Waals surface area contributed by atoms with Crippen LogP contribution in [0.1, 0.15) is 56.1 Å². The zero-order valence-electron chi connectivity index (χ0n) is 17.7. The summed E-state index contributed by atoms with van der Waals surface area (Å²) in [6.45, 7) is 6.14. The molecule has 1 aliphatic heterocycles. The summed E-state index contributed by atoms with van der Waals surface area (Å²) in [5.74, 6) is -0.125. The molecule has 0 N–H and O–H groups in total. The molecule has 0 aromatic heterocycles. The average Bonchev–Trinajstić information content (AvgIpc) is 2.72. The Labute approximate surface area is 177 Å². The molecule has 0 amide bonds. The normalized spacial score (nSPS) is 18.7. The standard InChI is InChI=1S/C19H27BrFNO.C3H8O2/c1-13-12-17(19(21)18(20)14(13)2)22-10-8-16(9-11-22)23-15-6-4-3-5-7-15;1-4-3-5-2/h12,15-16H,3-11H2,1-2H3;3H2,1-2H3. The number of methoxy groups -OCH3 is 2. The fourth-order valence-corrected chi connectivity index (χ4v) is 4.40. The summed E-state index contributed by atoms with van der Waals surface area (Å²) in [7, 11) is 3.17. The van der Waals surface area contributed by atoms with Gasteiger partial charge in [0.25, 0.3) is 0 Å². The average molecular weight is 460 g/mol. The lowest BCUT2D eigenvalue weighted by molar-refractivity contribution is -0.0395. The van der Waals surface area contributed by atoms with Gasteiger partial charge >= 0.3 is 0 Å². The second-order valence-corrected chi connectivity index (χ2v) is 8.54. The van der Waals surface area contributed by atoms with E-state index < -0.39 is 0 Å². The third kappa shape index (κ3) is 6.68. The van der Waals surface area contributed by atoms with Gasteiger partial charge in [-0.25, -0.2) is 4.39 Å². The van der Waals surface area contributed by atoms with Crippen molar-refractivity contribution in [1.29, 1.82) is 0 Å². The molecule has 1 aromatic carbocycles. The van der Waals surface area contributed by atoms with Gasteiger partial charge in [0.05, 0.1) is 22.4 Å². The number of ether oxygens (including phenoxy) is 3. The molecule has 3 rings (SSSR count). The maximum Gasteiger partial charge on any atom is 0.160 e. The van der Waals surface area contributed by atoms with Crippen LogP contribution in [-0.4, -0.2) is 46.3 Å². The van der Waals surface area contributed by atoms with E-state index in [0.29, 0.717) is 23.5 Å². The van der Waals surface area contributed by atoms with Gasteiger partial charge < -0.3 is 19.1 Å². The number of nitrogens with zero attached hydrogens (tertiary/aromatic N) is 1. The van der Waals surface area contributed by atoms with Crippen molar-refractivity contribution in [2.45, 2.75) is 71.0 Å². The highest BCUT2D eigenvalue weighted by Gasteiger charge is 2.26. The van der Waals surface area contributed by atoms with Crippen LogP contribution >= 0.6 is 15.9 Å². The van der Waals surface area contributed by atoms with Gasteiger partial charge in [0.1, 0.15) is 6.79 Å². The summed E-state index contributed by atoms with van der Waals surface area (Å²) < 4.78 is 30.4. The highest BCUT2D eigenvalue weighted by molar-refractivity contribution is 9.10. The van der Waals surface area contributed by atoms with Crippen LogP contribution in [0.2, 0.25) is 0 Å². The van der Waals surface area contributed by atoms with Crippen LogP contribution in [0.25, 0.3) is 0 Å². The molecule has 0 spiro atoms. The van der Waals surface area contributed by atoms with Crippen molar-refractivity contribution in [3.05, 3.63) is 27.5 Å². The molecule has 2 aliphatic rings. The molecule has 1 saturated heterocycles. The van der Waals surface area contributed by atoms with Gasteiger partial charge in [-0.3, -0.25) is 0 Å². The Bertz CT molecular complexity index is 598. The predicted octanol–water partition coefficient (Wildman–Crippen LogP) is 5.76. The van der Waals surface area contributed by atoms with Crippen molar-refractivity contribution in [3.63, 3.8) is 0 Å². The van der Waals surface area contributed by atoms with Crippen LogP contribution in [0.3, 0.4) is 0 Å². The first kappa shape index (κ1) is 23.6. The maximum absolute atomic E-state index is 14.6. The predicted molar refractivity (Wildman–Crippen MR) is 116 cm³/mol. The second-order valence-electron chi connectivity index (χ2n) is 7.74. The van der Waals surface area contributed by atoms with Crippen LogP contribution in [0, 0.1) is 19.7 Å². The van der Waals surface area contributed by atoms with Crippen molar-refractivity contribution in [2.75, 3.05) is 39.0 Å². The Morgan fingerprint density at radius 1 is 1.00 bits per heavy atom. The van der Waals surface area contributed by atoms with Crippen molar-refractivity contribution in [2.24, 2.45) is 0 Å². The number of anilines is 1. The van der Waals surface area contributed by atoms with Gasteiger partial charge in [0.15, 0.2) is 5.82 Å². The molecule has 1 aromatic rings. The van der Waals surface area contributed by atoms with Crippen molar-refractivity contribution in [3.8, 4) is 0 Å². The first-order valence-electron chi connectivity index (χ1n) is 10.3. The lowest BCUT2D eigenvalue weighted by Gasteiger charge is -2.36. The molecule has 2 fully saturated rings. The Morgan fingerprint density at radius 3 is 2.11 bits per heavy atom. The van der Waals surface area contributed by atoms with Crippen molar-refractivity contribution >= 4 is 21.6 Å². The van der Waals surface area contributed by atoms with Crippen LogP contribution in [0.15, 0.2) is 10.5 Å². The Morgan fingerprint density at radius 2 is 1.57 bits per heavy atom. The molecule has 1 aliphatic carbocycles. The first-order valence-corrected chi connectivity index (χ1v) is 11.1. The van der Waals surface area contributed by atoms with Crippen molar-refractivity contribution < 1.29 is 18.6 Å². The van der Waals surface area contributed by atoms with E-state index in [1.54, 1.807) is 14.2 Å². The third-order valence-electron chi connectivity index (χ3n) is 5.65. The zero-order valence-corrected chi connectivity index (χ0v) is 19.3. The molecule has 0 unspecified atom stereocenters. The molecule has 0 atom stereocenters. The minimum Gasteiger partial charge on any atom is -0.375 e. The quantitative estimate of drug-likeness (QED) is 0.523. The van der Waals surface area contributed by atoms with Crippen LogP contribution in [-0.2, 0) is 14.2 Å². The number of piperidine rings is 1. The molecule has 0 radical (unpaired) electrons. The molecule has 6 heteroatoms. The van der Waals surface area contributed by atoms with E-state index in [0.717, 1.165) is 42.7 Å². The number of halogens is 2. The largest absolute Gasteiger partial charge is 0.375 e. The summed E-state index contributed by atoms with van der Waals surface area (Å²) in [5.41, 5.74) is 2.85. The van der Waals surface area contributed by atoms with E-state index in [1.165, 1.54) is 32.1 Å². The highest BCUT2D eigenvalue weighted by atomic mass is 79.9. The van der Waals surface area contributed by atoms with Crippen LogP contribution < -0.4 is 4.90 Å². The Balaban J connectivity index is 0.000000500. The lowest BCUT2D eigenvalue weighted by atomic mass is 9.97. The summed E-state index contributed by atoms with van der Waals surface area (Å²) in [5, 5.41) is 0. The summed E-state index contributed by atoms with van der Waals surface area (Å²) >= 11 is 3.40. The first-order chi connectivity index (χ1) is 13.5. The zero-order chi connectivity index (χ0) is 20.5. The monoisotopic (exact) mass is 459 g/mol. The molecule has 4 nitrogen and oxygen atoms in total. The molecule has 160 valence electrons. The number of aryl methyl sites for hydroxylation is 1. The van der Waals surface area contributed by atoms with Gasteiger partial charge in [-0.1, -0.05) is 19.3 Å². The Kier molecular flexibility index (Phi) is 10.2. The fourth-order valence-electron chi connectivity index (χ4n) is 3.88. The Hall–Kier alpha value is -0.690. The third-order valence-corrected chi connectivity index (χ3v) is 6.59. The molecule has 28 heavy (non-hydrogen) atoms. The van der Waals surface area contributed by atoms with Gasteiger partial charge in [0, 0.05) is 27.3 Å². The topological polar surface area (TPSA) is 30.9 Å². The SMILES string of the molecule is COCOC.Cc1cc(N2CCC(OC3CCCCC3)CC2)c(F)c(Br)c1C. The van der Waals surface area contributed by atoms with E-state index in [2.05, 4.69) is 30.3 Å². The minimum atomic E-state index is -0.125. The smallest absolute Gasteiger partial charge is 0.160 e. The molecule has 1 heterocycles. The summed E-state index contributed by atoms with van der Waals surface area (Å²) in [6, 6.07) is 1.98. The molecular formula is C22H35BrFNO3. The summed E-state index contributed by atoms with van der Waals surface area (Å²) in [6.07, 6.45) is 9.25. The van der Waals surface area contributed by atoms with Gasteiger partial charge in [-0.05, 0) is 72.7 Å². The molecule has 0 bridgehead atoms. The second kappa shape index (κ2) is 12.1. The maximum atomic E-state index is 14.6. The fraction of sp³-hybridized carbons (Fsp3) is 0.727. The number of benzene rings is 1. The van der Waals surface area contributed by atoms with E-state index in [9.17, 15) is 4.39 Å². The number of hydrogen-bond donors (Lipinski definition) is 0. The van der Waals surface area contributed by atoms with E-state index >= 15 is 0 Å². The number of rotatable bonds is 5. The van der Waals surface area contributed by atoms with Gasteiger partial charge in [-0.15, -0.1) is 0 Å².